The number of hydrogen-bond acceptors (Lipinski definition) is 4. The number of aromatic nitrogens is 2. The number of benzene rings is 1. The summed E-state index contributed by atoms with van der Waals surface area (Å²) in [5.74, 6) is -1.45. The van der Waals surface area contributed by atoms with Crippen molar-refractivity contribution in [1.82, 2.24) is 15.3 Å². The Morgan fingerprint density at radius 2 is 2.04 bits per heavy atom. The normalized spacial score (nSPS) is 17.6. The highest BCUT2D eigenvalue weighted by Gasteiger charge is 2.28. The lowest BCUT2D eigenvalue weighted by Gasteiger charge is -2.20. The summed E-state index contributed by atoms with van der Waals surface area (Å²) in [5, 5.41) is 2.89. The maximum absolute atomic E-state index is 13.9. The van der Waals surface area contributed by atoms with E-state index >= 15 is 0 Å². The number of halogens is 3. The lowest BCUT2D eigenvalue weighted by Crippen LogP contribution is -2.26. The highest BCUT2D eigenvalue weighted by atomic mass is 35.5. The molecule has 0 spiro atoms. The number of pyridine rings is 2. The van der Waals surface area contributed by atoms with E-state index in [1.165, 1.54) is 0 Å². The van der Waals surface area contributed by atoms with Crippen LogP contribution in [0.25, 0.3) is 22.2 Å². The Morgan fingerprint density at radius 3 is 2.71 bits per heavy atom. The summed E-state index contributed by atoms with van der Waals surface area (Å²) >= 11 is 5.58. The number of nitrogens with one attached hydrogen (secondary N) is 1. The van der Waals surface area contributed by atoms with Crippen LogP contribution in [0.3, 0.4) is 0 Å². The zero-order valence-electron chi connectivity index (χ0n) is 14.9. The molecule has 28 heavy (non-hydrogen) atoms. The summed E-state index contributed by atoms with van der Waals surface area (Å²) in [7, 11) is 0. The quantitative estimate of drug-likeness (QED) is 0.665. The highest BCUT2D eigenvalue weighted by molar-refractivity contribution is 6.31. The second-order valence-electron chi connectivity index (χ2n) is 6.73. The fourth-order valence-electron chi connectivity index (χ4n) is 3.22. The van der Waals surface area contributed by atoms with Crippen LogP contribution in [0, 0.1) is 17.6 Å². The van der Waals surface area contributed by atoms with Crippen molar-refractivity contribution in [2.24, 2.45) is 5.92 Å². The van der Waals surface area contributed by atoms with Crippen LogP contribution in [0.5, 0.6) is 5.88 Å². The lowest BCUT2D eigenvalue weighted by atomic mass is 10.0. The summed E-state index contributed by atoms with van der Waals surface area (Å²) in [4.78, 5) is 20.3. The van der Waals surface area contributed by atoms with Gasteiger partial charge in [-0.05, 0) is 37.3 Å². The van der Waals surface area contributed by atoms with Crippen molar-refractivity contribution >= 4 is 28.4 Å². The van der Waals surface area contributed by atoms with E-state index in [9.17, 15) is 13.6 Å². The number of amides is 1. The molecule has 0 bridgehead atoms. The number of ether oxygens (including phenoxy) is 1. The highest BCUT2D eigenvalue weighted by Crippen LogP contribution is 2.32. The fourth-order valence-corrected chi connectivity index (χ4v) is 3.33. The van der Waals surface area contributed by atoms with E-state index in [1.54, 1.807) is 18.3 Å². The molecule has 3 aromatic rings. The monoisotopic (exact) mass is 403 g/mol. The van der Waals surface area contributed by atoms with Gasteiger partial charge in [-0.15, -0.1) is 0 Å². The molecule has 1 aliphatic heterocycles. The number of carbonyl (C=O) groups is 1. The van der Waals surface area contributed by atoms with Gasteiger partial charge in [-0.1, -0.05) is 11.6 Å². The molecule has 1 saturated heterocycles. The average molecular weight is 404 g/mol. The van der Waals surface area contributed by atoms with Gasteiger partial charge >= 0.3 is 0 Å². The van der Waals surface area contributed by atoms with Gasteiger partial charge in [-0.2, -0.15) is 0 Å². The van der Waals surface area contributed by atoms with E-state index in [4.69, 9.17) is 16.3 Å². The van der Waals surface area contributed by atoms with Gasteiger partial charge in [-0.3, -0.25) is 9.78 Å². The minimum Gasteiger partial charge on any atom is -0.474 e. The largest absolute Gasteiger partial charge is 0.474 e. The van der Waals surface area contributed by atoms with Crippen LogP contribution >= 0.6 is 11.6 Å². The van der Waals surface area contributed by atoms with Crippen molar-refractivity contribution in [2.45, 2.75) is 19.4 Å². The van der Waals surface area contributed by atoms with Crippen LogP contribution in [0.15, 0.2) is 36.5 Å². The third-order valence-corrected chi connectivity index (χ3v) is 5.18. The molecule has 8 heteroatoms. The van der Waals surface area contributed by atoms with Crippen LogP contribution in [0.4, 0.5) is 8.78 Å². The van der Waals surface area contributed by atoms with Crippen LogP contribution in [0.2, 0.25) is 5.02 Å². The molecule has 4 rings (SSSR count). The standard InChI is InChI=1S/C20H16ClF2N3O2/c1-10(12-7-18(27)25-9-12)28-20-13-3-2-4-24-17(13)8-16(26-20)11-5-14(22)19(21)15(23)6-11/h2-6,8,10,12H,7,9H2,1H3,(H,25,27). The number of hydrogen-bond donors (Lipinski definition) is 1. The molecule has 2 aromatic heterocycles. The topological polar surface area (TPSA) is 64.1 Å². The van der Waals surface area contributed by atoms with Gasteiger partial charge in [0.25, 0.3) is 0 Å². The molecule has 1 fully saturated rings. The van der Waals surface area contributed by atoms with E-state index in [0.717, 1.165) is 12.1 Å². The van der Waals surface area contributed by atoms with Gasteiger partial charge in [0.2, 0.25) is 11.8 Å². The molecule has 0 radical (unpaired) electrons. The first-order chi connectivity index (χ1) is 13.4. The predicted molar refractivity (Wildman–Crippen MR) is 101 cm³/mol. The SMILES string of the molecule is CC(Oc1nc(-c2cc(F)c(Cl)c(F)c2)cc2ncccc12)C1CNC(=O)C1. The summed E-state index contributed by atoms with van der Waals surface area (Å²) in [6.07, 6.45) is 1.70. The summed E-state index contributed by atoms with van der Waals surface area (Å²) in [5.41, 5.74) is 1.11. The third-order valence-electron chi connectivity index (χ3n) is 4.81. The maximum Gasteiger partial charge on any atom is 0.223 e. The van der Waals surface area contributed by atoms with Crippen molar-refractivity contribution < 1.29 is 18.3 Å². The van der Waals surface area contributed by atoms with E-state index in [-0.39, 0.29) is 23.5 Å². The molecule has 1 amide bonds. The van der Waals surface area contributed by atoms with Crippen molar-refractivity contribution in [1.29, 1.82) is 0 Å². The fraction of sp³-hybridized carbons (Fsp3) is 0.250. The Kier molecular flexibility index (Phi) is 4.85. The number of carbonyl (C=O) groups excluding carboxylic acids is 1. The number of fused-ring (bicyclic) bond motifs is 1. The van der Waals surface area contributed by atoms with E-state index in [2.05, 4.69) is 15.3 Å². The second kappa shape index (κ2) is 7.31. The number of rotatable bonds is 4. The molecule has 3 heterocycles. The molecule has 1 aromatic carbocycles. The Morgan fingerprint density at radius 1 is 1.29 bits per heavy atom. The molecule has 0 saturated carbocycles. The first-order valence-electron chi connectivity index (χ1n) is 8.76. The van der Waals surface area contributed by atoms with Crippen molar-refractivity contribution in [3.05, 3.63) is 53.2 Å². The Hall–Kier alpha value is -2.80. The molecule has 144 valence electrons. The van der Waals surface area contributed by atoms with Crippen molar-refractivity contribution in [3.63, 3.8) is 0 Å². The minimum absolute atomic E-state index is 0.00935. The molecule has 1 N–H and O–H groups in total. The maximum atomic E-state index is 13.9. The lowest BCUT2D eigenvalue weighted by molar-refractivity contribution is -0.119. The number of nitrogens with zero attached hydrogens (tertiary/aromatic N) is 2. The second-order valence-corrected chi connectivity index (χ2v) is 7.11. The molecule has 2 unspecified atom stereocenters. The minimum atomic E-state index is -0.869. The van der Waals surface area contributed by atoms with Crippen LogP contribution in [-0.2, 0) is 4.79 Å². The van der Waals surface area contributed by atoms with Gasteiger partial charge in [0.1, 0.15) is 22.8 Å². The first-order valence-corrected chi connectivity index (χ1v) is 9.14. The zero-order valence-corrected chi connectivity index (χ0v) is 15.6. The van der Waals surface area contributed by atoms with Crippen LogP contribution < -0.4 is 10.1 Å². The Bertz CT molecular complexity index is 1050. The zero-order chi connectivity index (χ0) is 19.8. The van der Waals surface area contributed by atoms with Gasteiger partial charge in [0.05, 0.1) is 16.6 Å². The van der Waals surface area contributed by atoms with Crippen LogP contribution in [-0.4, -0.2) is 28.5 Å². The van der Waals surface area contributed by atoms with E-state index in [1.807, 2.05) is 13.0 Å². The summed E-state index contributed by atoms with van der Waals surface area (Å²) in [6.45, 7) is 2.40. The molecule has 2 atom stereocenters. The summed E-state index contributed by atoms with van der Waals surface area (Å²) < 4.78 is 33.9. The van der Waals surface area contributed by atoms with E-state index in [0.29, 0.717) is 35.4 Å². The predicted octanol–water partition coefficient (Wildman–Crippen LogP) is 4.13. The Balaban J connectivity index is 1.76. The molecular weight excluding hydrogens is 388 g/mol. The van der Waals surface area contributed by atoms with Gasteiger partial charge in [-0.25, -0.2) is 13.8 Å². The first kappa shape index (κ1) is 18.6. The van der Waals surface area contributed by atoms with Gasteiger partial charge < -0.3 is 10.1 Å². The molecule has 1 aliphatic rings. The smallest absolute Gasteiger partial charge is 0.223 e. The van der Waals surface area contributed by atoms with Crippen molar-refractivity contribution in [2.75, 3.05) is 6.54 Å². The molecule has 0 aliphatic carbocycles. The molecular formula is C20H16ClF2N3O2. The van der Waals surface area contributed by atoms with Gasteiger partial charge in [0, 0.05) is 30.6 Å². The van der Waals surface area contributed by atoms with E-state index < -0.39 is 16.7 Å². The average Bonchev–Trinajstić information content (AvgIpc) is 3.12. The van der Waals surface area contributed by atoms with Crippen LogP contribution in [0.1, 0.15) is 13.3 Å². The molecule has 5 nitrogen and oxygen atoms in total. The van der Waals surface area contributed by atoms with Gasteiger partial charge in [0.15, 0.2) is 0 Å². The summed E-state index contributed by atoms with van der Waals surface area (Å²) in [6, 6.07) is 7.44. The Labute approximate surface area is 164 Å². The third kappa shape index (κ3) is 3.49. The van der Waals surface area contributed by atoms with Crippen molar-refractivity contribution in [3.8, 4) is 17.1 Å².